The van der Waals surface area contributed by atoms with Gasteiger partial charge in [-0.15, -0.1) is 0 Å². The molecule has 41 heavy (non-hydrogen) atoms. The summed E-state index contributed by atoms with van der Waals surface area (Å²) in [6.45, 7) is 1.83. The number of rotatable bonds is 7. The number of nitrogens with zero attached hydrogens (tertiary/aromatic N) is 1. The van der Waals surface area contributed by atoms with Gasteiger partial charge in [-0.3, -0.25) is 14.6 Å². The van der Waals surface area contributed by atoms with E-state index < -0.39 is 11.8 Å². The van der Waals surface area contributed by atoms with E-state index in [4.69, 9.17) is 23.9 Å². The Morgan fingerprint density at radius 2 is 1.61 bits per heavy atom. The molecule has 0 radical (unpaired) electrons. The third kappa shape index (κ3) is 5.73. The number of phenols is 1. The zero-order valence-corrected chi connectivity index (χ0v) is 25.5. The lowest BCUT2D eigenvalue weighted by Gasteiger charge is -2.37. The van der Waals surface area contributed by atoms with Crippen LogP contribution in [-0.4, -0.2) is 50.0 Å². The Hall–Kier alpha value is -3.33. The standard InChI is InChI=1S/C32H36BrNO7/c1-17-28(32(37)41-21-8-6-5-7-9-21)29(20-12-22(33)31(36)27(16-20)40-4)30-23(34-17)13-19(14-24(30)35)18-10-11-25(38-2)26(15-18)39-3/h10-12,15-16,19,21,28-29,36H,5-9,13-14H2,1-4H3/t19-,28?,29-/m0/s1. The van der Waals surface area contributed by atoms with Crippen LogP contribution >= 0.6 is 15.9 Å². The number of halogens is 1. The Bertz CT molecular complexity index is 1410. The van der Waals surface area contributed by atoms with Gasteiger partial charge in [-0.2, -0.15) is 0 Å². The van der Waals surface area contributed by atoms with Gasteiger partial charge in [0.2, 0.25) is 0 Å². The molecule has 2 aromatic rings. The number of aliphatic imine (C=N–C) groups is 1. The summed E-state index contributed by atoms with van der Waals surface area (Å²) in [7, 11) is 4.65. The number of ketones is 1. The van der Waals surface area contributed by atoms with Crippen LogP contribution in [0.25, 0.3) is 0 Å². The minimum atomic E-state index is -0.765. The SMILES string of the molecule is COc1ccc([C@@H]2CC(=O)C3=C(C2)N=C(C)C(C(=O)OC2CCCCC2)[C@@H]3c2cc(Br)c(O)c(OC)c2)cc1OC. The van der Waals surface area contributed by atoms with Crippen LogP contribution < -0.4 is 14.2 Å². The molecule has 9 heteroatoms. The molecule has 1 unspecified atom stereocenters. The molecule has 0 amide bonds. The monoisotopic (exact) mass is 625 g/mol. The fraction of sp³-hybridized carbons (Fsp3) is 0.469. The lowest BCUT2D eigenvalue weighted by Crippen LogP contribution is -2.39. The first-order valence-corrected chi connectivity index (χ1v) is 14.8. The quantitative estimate of drug-likeness (QED) is 0.344. The molecule has 0 spiro atoms. The van der Waals surface area contributed by atoms with Gasteiger partial charge in [0.25, 0.3) is 0 Å². The lowest BCUT2D eigenvalue weighted by molar-refractivity contribution is -0.153. The van der Waals surface area contributed by atoms with Crippen LogP contribution in [0, 0.1) is 5.92 Å². The zero-order valence-electron chi connectivity index (χ0n) is 23.9. The molecule has 3 aliphatic rings. The fourth-order valence-electron chi connectivity index (χ4n) is 6.42. The van der Waals surface area contributed by atoms with Crippen molar-refractivity contribution in [1.82, 2.24) is 0 Å². The normalized spacial score (nSPS) is 23.0. The van der Waals surface area contributed by atoms with Gasteiger partial charge >= 0.3 is 5.97 Å². The number of carbonyl (C=O) groups excluding carboxylic acids is 2. The third-order valence-corrected chi connectivity index (χ3v) is 9.09. The highest BCUT2D eigenvalue weighted by atomic mass is 79.9. The van der Waals surface area contributed by atoms with E-state index in [1.165, 1.54) is 7.11 Å². The van der Waals surface area contributed by atoms with Crippen LogP contribution in [0.2, 0.25) is 0 Å². The van der Waals surface area contributed by atoms with Crippen LogP contribution in [0.4, 0.5) is 0 Å². The summed E-state index contributed by atoms with van der Waals surface area (Å²) in [4.78, 5) is 32.7. The summed E-state index contributed by atoms with van der Waals surface area (Å²) in [5.74, 6) is -0.495. The average Bonchev–Trinajstić information content (AvgIpc) is 2.97. The van der Waals surface area contributed by atoms with Crippen molar-refractivity contribution < 1.29 is 33.6 Å². The summed E-state index contributed by atoms with van der Waals surface area (Å²) in [6.07, 6.45) is 5.58. The predicted octanol–water partition coefficient (Wildman–Crippen LogP) is 6.63. The molecule has 0 saturated heterocycles. The maximum absolute atomic E-state index is 14.0. The van der Waals surface area contributed by atoms with E-state index in [1.54, 1.807) is 26.4 Å². The molecule has 8 nitrogen and oxygen atoms in total. The molecule has 1 aliphatic heterocycles. The number of phenolic OH excluding ortho intramolecular Hbond substituents is 1. The number of ether oxygens (including phenoxy) is 4. The number of hydrogen-bond acceptors (Lipinski definition) is 8. The van der Waals surface area contributed by atoms with Gasteiger partial charge in [0.1, 0.15) is 12.0 Å². The second-order valence-electron chi connectivity index (χ2n) is 11.0. The van der Waals surface area contributed by atoms with Crippen LogP contribution in [0.5, 0.6) is 23.0 Å². The van der Waals surface area contributed by atoms with Gasteiger partial charge < -0.3 is 24.1 Å². The second kappa shape index (κ2) is 12.3. The molecule has 5 rings (SSSR count). The van der Waals surface area contributed by atoms with E-state index in [9.17, 15) is 14.7 Å². The van der Waals surface area contributed by atoms with Crippen molar-refractivity contribution >= 4 is 33.4 Å². The number of Topliss-reactive ketones (excluding diaryl/α,β-unsaturated/α-hetero) is 1. The van der Waals surface area contributed by atoms with Gasteiger partial charge in [0.05, 0.1) is 25.8 Å². The average molecular weight is 627 g/mol. The van der Waals surface area contributed by atoms with Gasteiger partial charge in [-0.05, 0) is 96.3 Å². The Kier molecular flexibility index (Phi) is 8.73. The molecule has 1 saturated carbocycles. The van der Waals surface area contributed by atoms with E-state index in [0.717, 1.165) is 37.7 Å². The molecule has 0 bridgehead atoms. The first-order valence-electron chi connectivity index (χ1n) is 14.1. The van der Waals surface area contributed by atoms with Crippen molar-refractivity contribution in [3.63, 3.8) is 0 Å². The topological polar surface area (TPSA) is 104 Å². The minimum Gasteiger partial charge on any atom is -0.503 e. The van der Waals surface area contributed by atoms with Crippen LogP contribution in [0.15, 0.2) is 51.1 Å². The molecule has 3 atom stereocenters. The van der Waals surface area contributed by atoms with E-state index in [1.807, 2.05) is 25.1 Å². The predicted molar refractivity (Wildman–Crippen MR) is 158 cm³/mol. The van der Waals surface area contributed by atoms with Gasteiger partial charge in [0.15, 0.2) is 28.8 Å². The summed E-state index contributed by atoms with van der Waals surface area (Å²) >= 11 is 3.43. The summed E-state index contributed by atoms with van der Waals surface area (Å²) in [5.41, 5.74) is 3.45. The molecule has 218 valence electrons. The van der Waals surface area contributed by atoms with E-state index in [-0.39, 0.29) is 41.7 Å². The second-order valence-corrected chi connectivity index (χ2v) is 11.8. The first-order chi connectivity index (χ1) is 19.7. The van der Waals surface area contributed by atoms with Crippen molar-refractivity contribution in [3.05, 3.63) is 57.2 Å². The number of methoxy groups -OCH3 is 3. The fourth-order valence-corrected chi connectivity index (χ4v) is 6.88. The van der Waals surface area contributed by atoms with Crippen molar-refractivity contribution in [3.8, 4) is 23.0 Å². The van der Waals surface area contributed by atoms with Crippen molar-refractivity contribution in [1.29, 1.82) is 0 Å². The zero-order chi connectivity index (χ0) is 29.3. The molecule has 2 aromatic carbocycles. The van der Waals surface area contributed by atoms with Crippen molar-refractivity contribution in [2.45, 2.75) is 69.8 Å². The molecular formula is C32H36BrNO7. The first kappa shape index (κ1) is 29.2. The summed E-state index contributed by atoms with van der Waals surface area (Å²) < 4.78 is 22.8. The maximum Gasteiger partial charge on any atom is 0.315 e. The number of aromatic hydroxyl groups is 1. The van der Waals surface area contributed by atoms with Gasteiger partial charge in [-0.25, -0.2) is 0 Å². The molecular weight excluding hydrogens is 590 g/mol. The Labute approximate surface area is 248 Å². The highest BCUT2D eigenvalue weighted by Crippen LogP contribution is 2.49. The summed E-state index contributed by atoms with van der Waals surface area (Å²) in [6, 6.07) is 9.15. The van der Waals surface area contributed by atoms with Gasteiger partial charge in [-0.1, -0.05) is 12.5 Å². The molecule has 1 N–H and O–H groups in total. The highest BCUT2D eigenvalue weighted by Gasteiger charge is 2.45. The maximum atomic E-state index is 14.0. The molecule has 1 fully saturated rings. The van der Waals surface area contributed by atoms with E-state index in [2.05, 4.69) is 15.9 Å². The van der Waals surface area contributed by atoms with Crippen LogP contribution in [0.3, 0.4) is 0 Å². The van der Waals surface area contributed by atoms with Crippen molar-refractivity contribution in [2.24, 2.45) is 10.9 Å². The van der Waals surface area contributed by atoms with Crippen LogP contribution in [0.1, 0.15) is 74.8 Å². The minimum absolute atomic E-state index is 0.0449. The number of allylic oxidation sites excluding steroid dienone is 2. The third-order valence-electron chi connectivity index (χ3n) is 8.49. The molecule has 2 aliphatic carbocycles. The smallest absolute Gasteiger partial charge is 0.315 e. The van der Waals surface area contributed by atoms with Crippen LogP contribution in [-0.2, 0) is 14.3 Å². The summed E-state index contributed by atoms with van der Waals surface area (Å²) in [5, 5.41) is 10.5. The van der Waals surface area contributed by atoms with Gasteiger partial charge in [0, 0.05) is 29.3 Å². The Morgan fingerprint density at radius 3 is 2.29 bits per heavy atom. The Morgan fingerprint density at radius 1 is 0.927 bits per heavy atom. The molecule has 1 heterocycles. The molecule has 0 aromatic heterocycles. The number of esters is 1. The number of benzene rings is 2. The van der Waals surface area contributed by atoms with E-state index >= 15 is 0 Å². The number of hydrogen-bond donors (Lipinski definition) is 1. The van der Waals surface area contributed by atoms with E-state index in [0.29, 0.717) is 44.9 Å². The van der Waals surface area contributed by atoms with Crippen molar-refractivity contribution in [2.75, 3.05) is 21.3 Å². The lowest BCUT2D eigenvalue weighted by atomic mass is 9.69. The number of carbonyl (C=O) groups is 2. The highest BCUT2D eigenvalue weighted by molar-refractivity contribution is 9.10. The Balaban J connectivity index is 1.57. The largest absolute Gasteiger partial charge is 0.503 e.